The second-order valence-electron chi connectivity index (χ2n) is 6.00. The van der Waals surface area contributed by atoms with E-state index >= 15 is 0 Å². The zero-order valence-electron chi connectivity index (χ0n) is 15.2. The molecule has 0 radical (unpaired) electrons. The van der Waals surface area contributed by atoms with Gasteiger partial charge < -0.3 is 19.9 Å². The van der Waals surface area contributed by atoms with E-state index in [1.54, 1.807) is 31.4 Å². The number of rotatable bonds is 7. The quantitative estimate of drug-likeness (QED) is 0.644. The molecule has 28 heavy (non-hydrogen) atoms. The van der Waals surface area contributed by atoms with Gasteiger partial charge in [-0.2, -0.15) is 0 Å². The second kappa shape index (κ2) is 8.73. The molecule has 142 valence electrons. The summed E-state index contributed by atoms with van der Waals surface area (Å²) in [5, 5.41) is 11.7. The van der Waals surface area contributed by atoms with E-state index in [1.165, 1.54) is 12.1 Å². The molecule has 0 unspecified atom stereocenters. The number of amides is 1. The number of nitrogens with one attached hydrogen (secondary N) is 1. The van der Waals surface area contributed by atoms with Crippen LogP contribution in [0.5, 0.6) is 11.5 Å². The summed E-state index contributed by atoms with van der Waals surface area (Å²) in [6, 6.07) is 20.4. The summed E-state index contributed by atoms with van der Waals surface area (Å²) in [7, 11) is 1.61. The number of aromatic carboxylic acids is 1. The van der Waals surface area contributed by atoms with Crippen LogP contribution >= 0.6 is 0 Å². The molecular formula is C22H19NO5. The fourth-order valence-electron chi connectivity index (χ4n) is 2.52. The van der Waals surface area contributed by atoms with Gasteiger partial charge in [0, 0.05) is 11.3 Å². The van der Waals surface area contributed by atoms with Crippen LogP contribution in [0.2, 0.25) is 0 Å². The number of hydrogen-bond acceptors (Lipinski definition) is 4. The van der Waals surface area contributed by atoms with Gasteiger partial charge in [-0.15, -0.1) is 0 Å². The molecule has 3 aromatic rings. The first-order chi connectivity index (χ1) is 13.5. The molecule has 0 aliphatic rings. The average molecular weight is 377 g/mol. The molecule has 0 atom stereocenters. The maximum absolute atomic E-state index is 12.3. The van der Waals surface area contributed by atoms with Crippen molar-refractivity contribution in [3.8, 4) is 11.5 Å². The third-order valence-electron chi connectivity index (χ3n) is 4.05. The molecule has 0 spiro atoms. The molecule has 0 saturated carbocycles. The molecule has 6 heteroatoms. The van der Waals surface area contributed by atoms with E-state index < -0.39 is 5.97 Å². The molecule has 3 aromatic carbocycles. The Labute approximate surface area is 162 Å². The van der Waals surface area contributed by atoms with Crippen molar-refractivity contribution in [2.75, 3.05) is 12.4 Å². The minimum absolute atomic E-state index is 0.115. The van der Waals surface area contributed by atoms with Gasteiger partial charge in [0.25, 0.3) is 5.91 Å². The summed E-state index contributed by atoms with van der Waals surface area (Å²) in [5.74, 6) is 0.125. The summed E-state index contributed by atoms with van der Waals surface area (Å²) in [6.45, 7) is 0.370. The lowest BCUT2D eigenvalue weighted by molar-refractivity contribution is 0.0696. The normalized spacial score (nSPS) is 10.2. The standard InChI is InChI=1S/C22H19NO5/c1-27-19-9-11-20(12-10-19)28-14-15-5-7-16(8-6-15)21(24)23-18-4-2-3-17(13-18)22(25)26/h2-13H,14H2,1H3,(H,23,24)(H,25,26). The first-order valence-corrected chi connectivity index (χ1v) is 8.55. The summed E-state index contributed by atoms with van der Waals surface area (Å²) < 4.78 is 10.8. The highest BCUT2D eigenvalue weighted by atomic mass is 16.5. The number of carbonyl (C=O) groups is 2. The monoisotopic (exact) mass is 377 g/mol. The summed E-state index contributed by atoms with van der Waals surface area (Å²) in [4.78, 5) is 23.4. The van der Waals surface area contributed by atoms with E-state index in [2.05, 4.69) is 5.32 Å². The molecule has 0 bridgehead atoms. The lowest BCUT2D eigenvalue weighted by Gasteiger charge is -2.09. The van der Waals surface area contributed by atoms with Crippen molar-refractivity contribution in [1.29, 1.82) is 0 Å². The van der Waals surface area contributed by atoms with Gasteiger partial charge in [-0.05, 0) is 60.2 Å². The fraction of sp³-hybridized carbons (Fsp3) is 0.0909. The SMILES string of the molecule is COc1ccc(OCc2ccc(C(=O)Nc3cccc(C(=O)O)c3)cc2)cc1. The van der Waals surface area contributed by atoms with E-state index in [0.29, 0.717) is 17.9 Å². The highest BCUT2D eigenvalue weighted by Crippen LogP contribution is 2.18. The van der Waals surface area contributed by atoms with Crippen LogP contribution in [0.25, 0.3) is 0 Å². The van der Waals surface area contributed by atoms with Gasteiger partial charge in [0.05, 0.1) is 12.7 Å². The van der Waals surface area contributed by atoms with Crippen LogP contribution in [0.3, 0.4) is 0 Å². The van der Waals surface area contributed by atoms with Crippen LogP contribution in [-0.4, -0.2) is 24.1 Å². The van der Waals surface area contributed by atoms with Crippen molar-refractivity contribution in [3.05, 3.63) is 89.5 Å². The Hall–Kier alpha value is -3.80. The predicted molar refractivity (Wildman–Crippen MR) is 105 cm³/mol. The lowest BCUT2D eigenvalue weighted by atomic mass is 10.1. The largest absolute Gasteiger partial charge is 0.497 e. The third kappa shape index (κ3) is 4.88. The number of carboxylic acids is 1. The molecule has 0 heterocycles. The van der Waals surface area contributed by atoms with Crippen molar-refractivity contribution in [1.82, 2.24) is 0 Å². The maximum Gasteiger partial charge on any atom is 0.335 e. The fourth-order valence-corrected chi connectivity index (χ4v) is 2.52. The number of methoxy groups -OCH3 is 1. The number of ether oxygens (including phenoxy) is 2. The Balaban J connectivity index is 1.59. The van der Waals surface area contributed by atoms with E-state index in [9.17, 15) is 9.59 Å². The Morgan fingerprint density at radius 1 is 0.893 bits per heavy atom. The molecule has 3 rings (SSSR count). The lowest BCUT2D eigenvalue weighted by Crippen LogP contribution is -2.12. The molecule has 0 fully saturated rings. The van der Waals surface area contributed by atoms with Crippen molar-refractivity contribution in [2.45, 2.75) is 6.61 Å². The van der Waals surface area contributed by atoms with Gasteiger partial charge in [-0.1, -0.05) is 18.2 Å². The maximum atomic E-state index is 12.3. The molecular weight excluding hydrogens is 358 g/mol. The number of anilines is 1. The van der Waals surface area contributed by atoms with Crippen molar-refractivity contribution < 1.29 is 24.2 Å². The number of hydrogen-bond donors (Lipinski definition) is 2. The zero-order chi connectivity index (χ0) is 19.9. The predicted octanol–water partition coefficient (Wildman–Crippen LogP) is 4.22. The van der Waals surface area contributed by atoms with Gasteiger partial charge in [0.15, 0.2) is 0 Å². The first-order valence-electron chi connectivity index (χ1n) is 8.55. The van der Waals surface area contributed by atoms with E-state index in [-0.39, 0.29) is 11.5 Å². The van der Waals surface area contributed by atoms with Crippen LogP contribution in [0, 0.1) is 0 Å². The van der Waals surface area contributed by atoms with Gasteiger partial charge >= 0.3 is 5.97 Å². The molecule has 0 aromatic heterocycles. The van der Waals surface area contributed by atoms with Gasteiger partial charge in [0.1, 0.15) is 18.1 Å². The minimum atomic E-state index is -1.04. The molecule has 2 N–H and O–H groups in total. The molecule has 1 amide bonds. The Morgan fingerprint density at radius 2 is 1.57 bits per heavy atom. The molecule has 0 saturated heterocycles. The summed E-state index contributed by atoms with van der Waals surface area (Å²) in [5.41, 5.74) is 1.93. The Bertz CT molecular complexity index is 965. The van der Waals surface area contributed by atoms with Crippen molar-refractivity contribution in [2.24, 2.45) is 0 Å². The number of benzene rings is 3. The smallest absolute Gasteiger partial charge is 0.335 e. The summed E-state index contributed by atoms with van der Waals surface area (Å²) in [6.07, 6.45) is 0. The third-order valence-corrected chi connectivity index (χ3v) is 4.05. The van der Waals surface area contributed by atoms with Crippen molar-refractivity contribution >= 4 is 17.6 Å². The molecule has 0 aliphatic heterocycles. The second-order valence-corrected chi connectivity index (χ2v) is 6.00. The zero-order valence-corrected chi connectivity index (χ0v) is 15.2. The molecule has 6 nitrogen and oxygen atoms in total. The first kappa shape index (κ1) is 19.0. The van der Waals surface area contributed by atoms with Gasteiger partial charge in [-0.3, -0.25) is 4.79 Å². The van der Waals surface area contributed by atoms with E-state index in [0.717, 1.165) is 17.1 Å². The van der Waals surface area contributed by atoms with Crippen molar-refractivity contribution in [3.63, 3.8) is 0 Å². The number of carbonyl (C=O) groups excluding carboxylic acids is 1. The van der Waals surface area contributed by atoms with Crippen LogP contribution in [0.4, 0.5) is 5.69 Å². The van der Waals surface area contributed by atoms with Crippen LogP contribution in [-0.2, 0) is 6.61 Å². The average Bonchev–Trinajstić information content (AvgIpc) is 2.73. The number of carboxylic acid groups (broad SMARTS) is 1. The summed E-state index contributed by atoms with van der Waals surface area (Å²) >= 11 is 0. The highest BCUT2D eigenvalue weighted by molar-refractivity contribution is 6.04. The highest BCUT2D eigenvalue weighted by Gasteiger charge is 2.08. The van der Waals surface area contributed by atoms with Gasteiger partial charge in [-0.25, -0.2) is 4.79 Å². The van der Waals surface area contributed by atoms with Crippen LogP contribution in [0.15, 0.2) is 72.8 Å². The topological polar surface area (TPSA) is 84.9 Å². The van der Waals surface area contributed by atoms with Crippen LogP contribution < -0.4 is 14.8 Å². The Kier molecular flexibility index (Phi) is 5.91. The van der Waals surface area contributed by atoms with E-state index in [4.69, 9.17) is 14.6 Å². The van der Waals surface area contributed by atoms with E-state index in [1.807, 2.05) is 36.4 Å². The van der Waals surface area contributed by atoms with Gasteiger partial charge in [0.2, 0.25) is 0 Å². The van der Waals surface area contributed by atoms with Crippen LogP contribution in [0.1, 0.15) is 26.3 Å². The minimum Gasteiger partial charge on any atom is -0.497 e. The Morgan fingerprint density at radius 3 is 2.21 bits per heavy atom. The molecule has 0 aliphatic carbocycles.